The third-order valence-corrected chi connectivity index (χ3v) is 4.13. The molecule has 1 aliphatic rings. The molecule has 0 aromatic carbocycles. The summed E-state index contributed by atoms with van der Waals surface area (Å²) in [5, 5.41) is 0. The van der Waals surface area contributed by atoms with Crippen LogP contribution in [0.25, 0.3) is 11.1 Å². The number of hydrogen-bond donors (Lipinski definition) is 0. The second kappa shape index (κ2) is 6.95. The lowest BCUT2D eigenvalue weighted by atomic mass is 10.1. The van der Waals surface area contributed by atoms with Gasteiger partial charge in [-0.05, 0) is 41.8 Å². The van der Waals surface area contributed by atoms with Gasteiger partial charge in [0.2, 0.25) is 5.82 Å². The highest BCUT2D eigenvalue weighted by Gasteiger charge is 2.34. The van der Waals surface area contributed by atoms with Crippen molar-refractivity contribution in [3.05, 3.63) is 40.1 Å². The summed E-state index contributed by atoms with van der Waals surface area (Å²) in [4.78, 5) is 11.3. The van der Waals surface area contributed by atoms with Gasteiger partial charge in [0.05, 0.1) is 5.69 Å². The minimum Gasteiger partial charge on any atom is -0.257 e. The van der Waals surface area contributed by atoms with E-state index in [-0.39, 0.29) is 0 Å². The van der Waals surface area contributed by atoms with Crippen molar-refractivity contribution < 1.29 is 13.2 Å². The minimum absolute atomic E-state index is 0.438. The van der Waals surface area contributed by atoms with Gasteiger partial charge in [0.25, 0.3) is 0 Å². The molecule has 124 valence electrons. The van der Waals surface area contributed by atoms with Crippen molar-refractivity contribution in [2.24, 2.45) is 0 Å². The van der Waals surface area contributed by atoms with E-state index in [1.165, 1.54) is 12.4 Å². The second-order valence-electron chi connectivity index (χ2n) is 5.08. The summed E-state index contributed by atoms with van der Waals surface area (Å²) in [5.74, 6) is -0.691. The second-order valence-corrected chi connectivity index (χ2v) is 5.87. The standard InChI is InChI=1S/C14H11BrF3N3.C2H6/c1-7-4-10(11(15)12(21-7)8-2-3-8)9-5-19-13(20-6-9)14(16,17)18;1-2/h4-6,8H,2-3H2,1H3;1-2H3. The van der Waals surface area contributed by atoms with Crippen molar-refractivity contribution in [2.45, 2.75) is 45.7 Å². The molecule has 2 aromatic rings. The Kier molecular flexibility index (Phi) is 5.39. The molecule has 0 saturated heterocycles. The van der Waals surface area contributed by atoms with Crippen LogP contribution in [0, 0.1) is 6.92 Å². The van der Waals surface area contributed by atoms with Crippen molar-refractivity contribution in [1.29, 1.82) is 0 Å². The van der Waals surface area contributed by atoms with Crippen molar-refractivity contribution in [1.82, 2.24) is 15.0 Å². The number of alkyl halides is 3. The summed E-state index contributed by atoms with van der Waals surface area (Å²) in [6.45, 7) is 5.87. The van der Waals surface area contributed by atoms with E-state index in [0.29, 0.717) is 11.5 Å². The first-order chi connectivity index (χ1) is 10.9. The van der Waals surface area contributed by atoms with Crippen LogP contribution >= 0.6 is 15.9 Å². The van der Waals surface area contributed by atoms with Crippen LogP contribution in [0.5, 0.6) is 0 Å². The van der Waals surface area contributed by atoms with E-state index < -0.39 is 12.0 Å². The molecular weight excluding hydrogens is 371 g/mol. The molecule has 2 aromatic heterocycles. The molecule has 2 heterocycles. The highest BCUT2D eigenvalue weighted by Crippen LogP contribution is 2.45. The van der Waals surface area contributed by atoms with Crippen LogP contribution < -0.4 is 0 Å². The third-order valence-electron chi connectivity index (χ3n) is 3.29. The lowest BCUT2D eigenvalue weighted by molar-refractivity contribution is -0.144. The van der Waals surface area contributed by atoms with E-state index in [9.17, 15) is 13.2 Å². The number of rotatable bonds is 2. The van der Waals surface area contributed by atoms with Crippen LogP contribution in [-0.4, -0.2) is 15.0 Å². The lowest BCUT2D eigenvalue weighted by Gasteiger charge is -2.11. The zero-order chi connectivity index (χ0) is 17.2. The topological polar surface area (TPSA) is 38.7 Å². The quantitative estimate of drug-likeness (QED) is 0.679. The molecular formula is C16H17BrF3N3. The van der Waals surface area contributed by atoms with Crippen LogP contribution in [0.4, 0.5) is 13.2 Å². The smallest absolute Gasteiger partial charge is 0.257 e. The first-order valence-electron chi connectivity index (χ1n) is 7.43. The molecule has 0 spiro atoms. The summed E-state index contributed by atoms with van der Waals surface area (Å²) >= 11 is 3.51. The molecule has 0 unspecified atom stereocenters. The van der Waals surface area contributed by atoms with Crippen molar-refractivity contribution in [2.75, 3.05) is 0 Å². The Hall–Kier alpha value is -1.50. The summed E-state index contributed by atoms with van der Waals surface area (Å²) in [6, 6.07) is 1.82. The van der Waals surface area contributed by atoms with E-state index in [2.05, 4.69) is 30.9 Å². The molecule has 1 aliphatic carbocycles. The fourth-order valence-electron chi connectivity index (χ4n) is 2.13. The first-order valence-corrected chi connectivity index (χ1v) is 8.22. The molecule has 0 atom stereocenters. The molecule has 1 saturated carbocycles. The van der Waals surface area contributed by atoms with Gasteiger partial charge in [0, 0.05) is 39.6 Å². The van der Waals surface area contributed by atoms with Crippen LogP contribution in [0.15, 0.2) is 22.9 Å². The largest absolute Gasteiger partial charge is 0.451 e. The van der Waals surface area contributed by atoms with Crippen LogP contribution in [0.2, 0.25) is 0 Å². The maximum Gasteiger partial charge on any atom is 0.451 e. The summed E-state index contributed by atoms with van der Waals surface area (Å²) < 4.78 is 38.3. The Morgan fingerprint density at radius 2 is 1.70 bits per heavy atom. The number of aromatic nitrogens is 3. The van der Waals surface area contributed by atoms with Crippen molar-refractivity contribution >= 4 is 15.9 Å². The Labute approximate surface area is 141 Å². The number of halogens is 4. The highest BCUT2D eigenvalue weighted by atomic mass is 79.9. The number of pyridine rings is 1. The fraction of sp³-hybridized carbons (Fsp3) is 0.438. The zero-order valence-corrected chi connectivity index (χ0v) is 14.7. The average Bonchev–Trinajstić information content (AvgIpc) is 3.35. The molecule has 0 bridgehead atoms. The Balaban J connectivity index is 0.000000924. The van der Waals surface area contributed by atoms with Gasteiger partial charge < -0.3 is 0 Å². The molecule has 23 heavy (non-hydrogen) atoms. The maximum absolute atomic E-state index is 12.5. The first kappa shape index (κ1) is 17.8. The Bertz CT molecular complexity index is 680. The van der Waals surface area contributed by atoms with Gasteiger partial charge in [-0.25, -0.2) is 9.97 Å². The number of hydrogen-bond acceptors (Lipinski definition) is 3. The predicted octanol–water partition coefficient (Wildman–Crippen LogP) is 5.53. The zero-order valence-electron chi connectivity index (χ0n) is 13.1. The van der Waals surface area contributed by atoms with E-state index in [1.54, 1.807) is 0 Å². The van der Waals surface area contributed by atoms with Gasteiger partial charge in [-0.1, -0.05) is 13.8 Å². The van der Waals surface area contributed by atoms with Crippen LogP contribution in [-0.2, 0) is 6.18 Å². The molecule has 7 heteroatoms. The lowest BCUT2D eigenvalue weighted by Crippen LogP contribution is -2.10. The normalized spacial score (nSPS) is 14.2. The van der Waals surface area contributed by atoms with Gasteiger partial charge in [-0.15, -0.1) is 0 Å². The van der Waals surface area contributed by atoms with E-state index in [4.69, 9.17) is 0 Å². The van der Waals surface area contributed by atoms with Crippen LogP contribution in [0.1, 0.15) is 49.8 Å². The summed E-state index contributed by atoms with van der Waals surface area (Å²) in [5.41, 5.74) is 3.11. The SMILES string of the molecule is CC.Cc1cc(-c2cnc(C(F)(F)F)nc2)c(Br)c(C2CC2)n1. The van der Waals surface area contributed by atoms with Crippen molar-refractivity contribution in [3.8, 4) is 11.1 Å². The van der Waals surface area contributed by atoms with Gasteiger partial charge in [-0.2, -0.15) is 13.2 Å². The minimum atomic E-state index is -4.52. The average molecular weight is 388 g/mol. The van der Waals surface area contributed by atoms with E-state index in [1.807, 2.05) is 26.8 Å². The van der Waals surface area contributed by atoms with Gasteiger partial charge >= 0.3 is 6.18 Å². The number of nitrogens with zero attached hydrogens (tertiary/aromatic N) is 3. The molecule has 0 aliphatic heterocycles. The van der Waals surface area contributed by atoms with Crippen LogP contribution in [0.3, 0.4) is 0 Å². The predicted molar refractivity (Wildman–Crippen MR) is 86.0 cm³/mol. The number of aryl methyl sites for hydroxylation is 1. The molecule has 3 rings (SSSR count). The highest BCUT2D eigenvalue weighted by molar-refractivity contribution is 9.10. The summed E-state index contributed by atoms with van der Waals surface area (Å²) in [6.07, 6.45) is 0.0666. The van der Waals surface area contributed by atoms with E-state index in [0.717, 1.165) is 34.3 Å². The Morgan fingerprint density at radius 1 is 1.13 bits per heavy atom. The Morgan fingerprint density at radius 3 is 2.17 bits per heavy atom. The monoisotopic (exact) mass is 387 g/mol. The maximum atomic E-state index is 12.5. The molecule has 0 N–H and O–H groups in total. The van der Waals surface area contributed by atoms with Gasteiger partial charge in [0.1, 0.15) is 0 Å². The van der Waals surface area contributed by atoms with Crippen molar-refractivity contribution in [3.63, 3.8) is 0 Å². The molecule has 3 nitrogen and oxygen atoms in total. The fourth-order valence-corrected chi connectivity index (χ4v) is 2.89. The van der Waals surface area contributed by atoms with Gasteiger partial charge in [0.15, 0.2) is 0 Å². The molecule has 0 amide bonds. The molecule has 1 fully saturated rings. The van der Waals surface area contributed by atoms with Gasteiger partial charge in [-0.3, -0.25) is 4.98 Å². The third kappa shape index (κ3) is 4.07. The van der Waals surface area contributed by atoms with E-state index >= 15 is 0 Å². The molecule has 0 radical (unpaired) electrons. The summed E-state index contributed by atoms with van der Waals surface area (Å²) in [7, 11) is 0.